The maximum absolute atomic E-state index is 10.8. The first-order valence-corrected chi connectivity index (χ1v) is 6.47. The van der Waals surface area contributed by atoms with E-state index in [2.05, 4.69) is 5.32 Å². The smallest absolute Gasteiger partial charge is 0.407 e. The summed E-state index contributed by atoms with van der Waals surface area (Å²) in [5.74, 6) is 0. The summed E-state index contributed by atoms with van der Waals surface area (Å²) >= 11 is 12.0. The third-order valence-electron chi connectivity index (χ3n) is 3.07. The molecule has 0 aliphatic carbocycles. The van der Waals surface area contributed by atoms with Crippen LogP contribution in [0.5, 0.6) is 0 Å². The normalized spacial score (nSPS) is 19.2. The fourth-order valence-electron chi connectivity index (χ4n) is 2.04. The number of amides is 1. The molecular formula is C12H14Cl2N2O2. The summed E-state index contributed by atoms with van der Waals surface area (Å²) in [6.45, 7) is 1.70. The molecule has 4 nitrogen and oxygen atoms in total. The van der Waals surface area contributed by atoms with Gasteiger partial charge in [-0.3, -0.25) is 0 Å². The van der Waals surface area contributed by atoms with Crippen LogP contribution in [0, 0.1) is 0 Å². The van der Waals surface area contributed by atoms with Crippen LogP contribution in [-0.2, 0) is 6.54 Å². The number of rotatable bonds is 3. The Morgan fingerprint density at radius 1 is 1.50 bits per heavy atom. The van der Waals surface area contributed by atoms with E-state index in [9.17, 15) is 4.79 Å². The first kappa shape index (κ1) is 13.5. The molecule has 1 saturated heterocycles. The lowest BCUT2D eigenvalue weighted by atomic mass is 10.2. The van der Waals surface area contributed by atoms with Gasteiger partial charge in [-0.05, 0) is 18.1 Å². The molecule has 0 bridgehead atoms. The summed E-state index contributed by atoms with van der Waals surface area (Å²) in [7, 11) is 0. The molecule has 0 spiro atoms. The van der Waals surface area contributed by atoms with Crippen molar-refractivity contribution in [3.05, 3.63) is 33.8 Å². The van der Waals surface area contributed by atoms with Gasteiger partial charge in [0.25, 0.3) is 0 Å². The van der Waals surface area contributed by atoms with Crippen LogP contribution < -0.4 is 5.32 Å². The van der Waals surface area contributed by atoms with Gasteiger partial charge in [0.05, 0.1) is 10.0 Å². The minimum absolute atomic E-state index is 0.177. The Bertz CT molecular complexity index is 454. The van der Waals surface area contributed by atoms with Crippen molar-refractivity contribution in [3.63, 3.8) is 0 Å². The molecule has 6 heteroatoms. The van der Waals surface area contributed by atoms with Crippen molar-refractivity contribution in [3.8, 4) is 0 Å². The Labute approximate surface area is 115 Å². The van der Waals surface area contributed by atoms with Gasteiger partial charge in [-0.25, -0.2) is 4.79 Å². The van der Waals surface area contributed by atoms with Gasteiger partial charge in [0.15, 0.2) is 0 Å². The highest BCUT2D eigenvalue weighted by atomic mass is 35.5. The molecule has 18 heavy (non-hydrogen) atoms. The lowest BCUT2D eigenvalue weighted by molar-refractivity contribution is 0.154. The highest BCUT2D eigenvalue weighted by Crippen LogP contribution is 2.25. The number of halogens is 2. The van der Waals surface area contributed by atoms with Crippen LogP contribution in [0.3, 0.4) is 0 Å². The maximum Gasteiger partial charge on any atom is 0.407 e. The van der Waals surface area contributed by atoms with Crippen LogP contribution in [0.1, 0.15) is 12.0 Å². The van der Waals surface area contributed by atoms with Crippen molar-refractivity contribution in [1.29, 1.82) is 0 Å². The topological polar surface area (TPSA) is 52.6 Å². The summed E-state index contributed by atoms with van der Waals surface area (Å²) in [5, 5.41) is 13.3. The molecule has 0 unspecified atom stereocenters. The number of carboxylic acid groups (broad SMARTS) is 1. The zero-order valence-electron chi connectivity index (χ0n) is 9.70. The SMILES string of the molecule is O=C(O)N1CC[C@H](NCc2cccc(Cl)c2Cl)C1. The molecule has 2 N–H and O–H groups in total. The third-order valence-corrected chi connectivity index (χ3v) is 3.93. The number of likely N-dealkylation sites (tertiary alicyclic amines) is 1. The van der Waals surface area contributed by atoms with Crippen LogP contribution in [-0.4, -0.2) is 35.2 Å². The van der Waals surface area contributed by atoms with Crippen LogP contribution in [0.2, 0.25) is 10.0 Å². The fraction of sp³-hybridized carbons (Fsp3) is 0.417. The van der Waals surface area contributed by atoms with Crippen molar-refractivity contribution in [2.24, 2.45) is 0 Å². The largest absolute Gasteiger partial charge is 0.465 e. The second kappa shape index (κ2) is 5.78. The number of benzene rings is 1. The van der Waals surface area contributed by atoms with Crippen molar-refractivity contribution in [1.82, 2.24) is 10.2 Å². The van der Waals surface area contributed by atoms with E-state index >= 15 is 0 Å². The van der Waals surface area contributed by atoms with Gasteiger partial charge in [-0.2, -0.15) is 0 Å². The van der Waals surface area contributed by atoms with E-state index in [4.69, 9.17) is 28.3 Å². The third kappa shape index (κ3) is 3.07. The second-order valence-corrected chi connectivity index (χ2v) is 5.09. The first-order valence-electron chi connectivity index (χ1n) is 5.72. The van der Waals surface area contributed by atoms with E-state index in [1.165, 1.54) is 4.90 Å². The highest BCUT2D eigenvalue weighted by molar-refractivity contribution is 6.42. The van der Waals surface area contributed by atoms with E-state index in [0.717, 1.165) is 12.0 Å². The highest BCUT2D eigenvalue weighted by Gasteiger charge is 2.25. The summed E-state index contributed by atoms with van der Waals surface area (Å²) in [6.07, 6.45) is -0.0371. The Hall–Kier alpha value is -0.970. The summed E-state index contributed by atoms with van der Waals surface area (Å²) < 4.78 is 0. The van der Waals surface area contributed by atoms with Gasteiger partial charge in [-0.15, -0.1) is 0 Å². The minimum atomic E-state index is -0.861. The first-order chi connectivity index (χ1) is 8.58. The van der Waals surface area contributed by atoms with Crippen LogP contribution in [0.4, 0.5) is 4.79 Å². The van der Waals surface area contributed by atoms with E-state index in [1.807, 2.05) is 12.1 Å². The van der Waals surface area contributed by atoms with E-state index in [-0.39, 0.29) is 6.04 Å². The number of carbonyl (C=O) groups is 1. The Morgan fingerprint density at radius 3 is 2.94 bits per heavy atom. The molecule has 1 atom stereocenters. The van der Waals surface area contributed by atoms with Crippen molar-refractivity contribution < 1.29 is 9.90 Å². The summed E-state index contributed by atoms with van der Waals surface area (Å²) in [5.41, 5.74) is 0.929. The van der Waals surface area contributed by atoms with E-state index < -0.39 is 6.09 Å². The van der Waals surface area contributed by atoms with Crippen LogP contribution in [0.25, 0.3) is 0 Å². The van der Waals surface area contributed by atoms with E-state index in [1.54, 1.807) is 6.07 Å². The molecule has 1 aliphatic rings. The van der Waals surface area contributed by atoms with Gasteiger partial charge in [0.1, 0.15) is 0 Å². The summed E-state index contributed by atoms with van der Waals surface area (Å²) in [6, 6.07) is 5.68. The molecule has 0 radical (unpaired) electrons. The van der Waals surface area contributed by atoms with Gasteiger partial charge < -0.3 is 15.3 Å². The molecule has 1 aromatic rings. The average molecular weight is 289 g/mol. The fourth-order valence-corrected chi connectivity index (χ4v) is 2.43. The molecule has 1 amide bonds. The molecule has 2 rings (SSSR count). The second-order valence-electron chi connectivity index (χ2n) is 4.31. The minimum Gasteiger partial charge on any atom is -0.465 e. The standard InChI is InChI=1S/C12H14Cl2N2O2/c13-10-3-1-2-8(11(10)14)6-15-9-4-5-16(7-9)12(17)18/h1-3,9,15H,4-7H2,(H,17,18)/t9-/m0/s1. The maximum atomic E-state index is 10.8. The molecule has 0 aromatic heterocycles. The number of nitrogens with one attached hydrogen (secondary N) is 1. The number of hydrogen-bond acceptors (Lipinski definition) is 2. The Kier molecular flexibility index (Phi) is 4.32. The van der Waals surface area contributed by atoms with Crippen LogP contribution in [0.15, 0.2) is 18.2 Å². The predicted octanol–water partition coefficient (Wildman–Crippen LogP) is 2.84. The molecule has 98 valence electrons. The molecular weight excluding hydrogens is 275 g/mol. The quantitative estimate of drug-likeness (QED) is 0.899. The molecule has 1 aliphatic heterocycles. The molecule has 1 aromatic carbocycles. The molecule has 1 fully saturated rings. The zero-order chi connectivity index (χ0) is 13.1. The van der Waals surface area contributed by atoms with Gasteiger partial charge >= 0.3 is 6.09 Å². The van der Waals surface area contributed by atoms with Crippen molar-refractivity contribution in [2.75, 3.05) is 13.1 Å². The van der Waals surface area contributed by atoms with E-state index in [0.29, 0.717) is 29.7 Å². The van der Waals surface area contributed by atoms with Crippen molar-refractivity contribution in [2.45, 2.75) is 19.0 Å². The number of nitrogens with zero attached hydrogens (tertiary/aromatic N) is 1. The van der Waals surface area contributed by atoms with Gasteiger partial charge in [0.2, 0.25) is 0 Å². The van der Waals surface area contributed by atoms with Gasteiger partial charge in [-0.1, -0.05) is 35.3 Å². The Morgan fingerprint density at radius 2 is 2.28 bits per heavy atom. The Balaban J connectivity index is 1.89. The van der Waals surface area contributed by atoms with Gasteiger partial charge in [0, 0.05) is 25.7 Å². The predicted molar refractivity (Wildman–Crippen MR) is 71.3 cm³/mol. The molecule has 1 heterocycles. The monoisotopic (exact) mass is 288 g/mol. The zero-order valence-corrected chi connectivity index (χ0v) is 11.2. The molecule has 0 saturated carbocycles. The summed E-state index contributed by atoms with van der Waals surface area (Å²) in [4.78, 5) is 12.2. The average Bonchev–Trinajstić information content (AvgIpc) is 2.80. The number of hydrogen-bond donors (Lipinski definition) is 2. The lowest BCUT2D eigenvalue weighted by Crippen LogP contribution is -2.34. The van der Waals surface area contributed by atoms with Crippen LogP contribution >= 0.6 is 23.2 Å². The van der Waals surface area contributed by atoms with Crippen molar-refractivity contribution >= 4 is 29.3 Å². The lowest BCUT2D eigenvalue weighted by Gasteiger charge is -2.14.